The molecule has 2 rings (SSSR count). The average Bonchev–Trinajstić information content (AvgIpc) is 2.63. The van der Waals surface area contributed by atoms with E-state index in [4.69, 9.17) is 15.0 Å². The number of aromatic carboxylic acids is 1. The summed E-state index contributed by atoms with van der Waals surface area (Å²) in [6, 6.07) is 0. The Balaban J connectivity index is 0.000000224. The van der Waals surface area contributed by atoms with Crippen LogP contribution in [0.15, 0.2) is 10.8 Å². The summed E-state index contributed by atoms with van der Waals surface area (Å²) in [7, 11) is 0. The largest absolute Gasteiger partial charge is 0.490 e. The topological polar surface area (TPSA) is 113 Å². The van der Waals surface area contributed by atoms with Crippen LogP contribution in [0.2, 0.25) is 0 Å². The fourth-order valence-electron chi connectivity index (χ4n) is 1.18. The lowest BCUT2D eigenvalue weighted by molar-refractivity contribution is -0.192. The van der Waals surface area contributed by atoms with Crippen LogP contribution >= 0.6 is 0 Å². The van der Waals surface area contributed by atoms with E-state index in [1.807, 2.05) is 0 Å². The van der Waals surface area contributed by atoms with Gasteiger partial charge >= 0.3 is 18.1 Å². The number of aliphatic carboxylic acids is 1. The molecule has 0 atom stereocenters. The monoisotopic (exact) mass is 282 g/mol. The average molecular weight is 282 g/mol. The molecule has 0 spiro atoms. The van der Waals surface area contributed by atoms with E-state index in [0.29, 0.717) is 5.69 Å². The highest BCUT2D eigenvalue weighted by molar-refractivity contribution is 5.88. The maximum Gasteiger partial charge on any atom is 0.490 e. The van der Waals surface area contributed by atoms with Crippen molar-refractivity contribution < 1.29 is 37.5 Å². The van der Waals surface area contributed by atoms with E-state index in [1.54, 1.807) is 0 Å². The predicted octanol–water partition coefficient (Wildman–Crippen LogP) is 0.693. The SMILES string of the molecule is O=C(O)C(F)(F)F.O=C(O)c1conc1C1CNC1. The zero-order valence-electron chi connectivity index (χ0n) is 9.27. The first-order chi connectivity index (χ1) is 8.73. The van der Waals surface area contributed by atoms with Crippen LogP contribution in [-0.4, -0.2) is 46.6 Å². The number of rotatable bonds is 2. The molecule has 1 aromatic heterocycles. The third-order valence-corrected chi connectivity index (χ3v) is 2.24. The van der Waals surface area contributed by atoms with Crippen molar-refractivity contribution in [1.82, 2.24) is 10.5 Å². The molecular formula is C9H9F3N2O5. The van der Waals surface area contributed by atoms with Crippen LogP contribution in [-0.2, 0) is 4.79 Å². The van der Waals surface area contributed by atoms with Crippen LogP contribution in [0.4, 0.5) is 13.2 Å². The molecule has 1 aliphatic rings. The molecule has 0 amide bonds. The minimum Gasteiger partial charge on any atom is -0.478 e. The second kappa shape index (κ2) is 5.69. The zero-order valence-corrected chi connectivity index (χ0v) is 9.27. The van der Waals surface area contributed by atoms with E-state index in [2.05, 4.69) is 15.0 Å². The number of aromatic nitrogens is 1. The number of carbonyl (C=O) groups is 2. The molecule has 0 aliphatic carbocycles. The van der Waals surface area contributed by atoms with Gasteiger partial charge in [-0.3, -0.25) is 0 Å². The molecule has 10 heteroatoms. The molecule has 1 saturated heterocycles. The zero-order chi connectivity index (χ0) is 14.6. The van der Waals surface area contributed by atoms with Crippen molar-refractivity contribution in [3.63, 3.8) is 0 Å². The maximum absolute atomic E-state index is 10.6. The van der Waals surface area contributed by atoms with E-state index >= 15 is 0 Å². The fraction of sp³-hybridized carbons (Fsp3) is 0.444. The van der Waals surface area contributed by atoms with Gasteiger partial charge in [-0.1, -0.05) is 5.16 Å². The molecule has 1 aliphatic heterocycles. The molecule has 0 saturated carbocycles. The first-order valence-electron chi connectivity index (χ1n) is 4.92. The van der Waals surface area contributed by atoms with E-state index in [1.165, 1.54) is 6.26 Å². The van der Waals surface area contributed by atoms with Crippen LogP contribution in [0, 0.1) is 0 Å². The molecule has 0 aromatic carbocycles. The first-order valence-corrected chi connectivity index (χ1v) is 4.92. The van der Waals surface area contributed by atoms with Gasteiger partial charge < -0.3 is 20.1 Å². The van der Waals surface area contributed by atoms with Gasteiger partial charge in [-0.2, -0.15) is 13.2 Å². The number of hydrogen-bond donors (Lipinski definition) is 3. The molecular weight excluding hydrogens is 273 g/mol. The summed E-state index contributed by atoms with van der Waals surface area (Å²) >= 11 is 0. The number of hydrogen-bond acceptors (Lipinski definition) is 5. The van der Waals surface area contributed by atoms with Crippen LogP contribution < -0.4 is 5.32 Å². The summed E-state index contributed by atoms with van der Waals surface area (Å²) in [6.07, 6.45) is -3.91. The van der Waals surface area contributed by atoms with E-state index in [0.717, 1.165) is 13.1 Å². The second-order valence-electron chi connectivity index (χ2n) is 3.58. The Morgan fingerprint density at radius 1 is 1.37 bits per heavy atom. The van der Waals surface area contributed by atoms with Crippen molar-refractivity contribution in [2.45, 2.75) is 12.1 Å². The normalized spacial score (nSPS) is 15.1. The molecule has 7 nitrogen and oxygen atoms in total. The number of halogens is 3. The minimum absolute atomic E-state index is 0.182. The van der Waals surface area contributed by atoms with Crippen LogP contribution in [0.25, 0.3) is 0 Å². The smallest absolute Gasteiger partial charge is 0.478 e. The van der Waals surface area contributed by atoms with E-state index < -0.39 is 18.1 Å². The summed E-state index contributed by atoms with van der Waals surface area (Å²) in [6.45, 7) is 1.57. The Morgan fingerprint density at radius 3 is 2.21 bits per heavy atom. The molecule has 1 fully saturated rings. The van der Waals surface area contributed by atoms with Crippen molar-refractivity contribution in [3.8, 4) is 0 Å². The van der Waals surface area contributed by atoms with Gasteiger partial charge in [-0.15, -0.1) is 0 Å². The van der Waals surface area contributed by atoms with Crippen LogP contribution in [0.5, 0.6) is 0 Å². The maximum atomic E-state index is 10.6. The third kappa shape index (κ3) is 3.95. The highest BCUT2D eigenvalue weighted by Crippen LogP contribution is 2.21. The quantitative estimate of drug-likeness (QED) is 0.731. The molecule has 0 bridgehead atoms. The highest BCUT2D eigenvalue weighted by atomic mass is 19.4. The van der Waals surface area contributed by atoms with Gasteiger partial charge in [-0.05, 0) is 0 Å². The van der Waals surface area contributed by atoms with Crippen molar-refractivity contribution in [2.24, 2.45) is 0 Å². The molecule has 3 N–H and O–H groups in total. The van der Waals surface area contributed by atoms with Gasteiger partial charge in [-0.25, -0.2) is 9.59 Å². The number of carboxylic acid groups (broad SMARTS) is 2. The Bertz CT molecular complexity index is 467. The van der Waals surface area contributed by atoms with Gasteiger partial charge in [0.05, 0.1) is 0 Å². The van der Waals surface area contributed by atoms with E-state index in [9.17, 15) is 18.0 Å². The minimum atomic E-state index is -5.08. The summed E-state index contributed by atoms with van der Waals surface area (Å²) in [4.78, 5) is 19.5. The number of carboxylic acids is 2. The molecule has 0 unspecified atom stereocenters. The molecule has 19 heavy (non-hydrogen) atoms. The summed E-state index contributed by atoms with van der Waals surface area (Å²) in [5, 5.41) is 22.5. The van der Waals surface area contributed by atoms with Gasteiger partial charge in [0.2, 0.25) is 0 Å². The lowest BCUT2D eigenvalue weighted by atomic mass is 9.96. The Hall–Kier alpha value is -2.10. The van der Waals surface area contributed by atoms with Gasteiger partial charge in [0, 0.05) is 19.0 Å². The molecule has 1 aromatic rings. The van der Waals surface area contributed by atoms with Crippen LogP contribution in [0.1, 0.15) is 22.0 Å². The Labute approximate surface area is 104 Å². The van der Waals surface area contributed by atoms with E-state index in [-0.39, 0.29) is 11.5 Å². The molecule has 106 valence electrons. The summed E-state index contributed by atoms with van der Waals surface area (Å²) in [5.41, 5.74) is 0.739. The first kappa shape index (κ1) is 15.0. The van der Waals surface area contributed by atoms with Gasteiger partial charge in [0.1, 0.15) is 17.5 Å². The number of nitrogens with zero attached hydrogens (tertiary/aromatic N) is 1. The van der Waals surface area contributed by atoms with Crippen molar-refractivity contribution in [2.75, 3.05) is 13.1 Å². The van der Waals surface area contributed by atoms with Crippen LogP contribution in [0.3, 0.4) is 0 Å². The predicted molar refractivity (Wildman–Crippen MR) is 52.8 cm³/mol. The molecule has 2 heterocycles. The molecule has 0 radical (unpaired) electrons. The third-order valence-electron chi connectivity index (χ3n) is 2.24. The van der Waals surface area contributed by atoms with Crippen molar-refractivity contribution in [3.05, 3.63) is 17.5 Å². The summed E-state index contributed by atoms with van der Waals surface area (Å²) in [5.74, 6) is -3.53. The van der Waals surface area contributed by atoms with Gasteiger partial charge in [0.15, 0.2) is 0 Å². The Morgan fingerprint density at radius 2 is 1.89 bits per heavy atom. The summed E-state index contributed by atoms with van der Waals surface area (Å²) < 4.78 is 36.3. The lowest BCUT2D eigenvalue weighted by Crippen LogP contribution is -2.40. The second-order valence-corrected chi connectivity index (χ2v) is 3.58. The number of nitrogens with one attached hydrogen (secondary N) is 1. The fourth-order valence-corrected chi connectivity index (χ4v) is 1.18. The Kier molecular flexibility index (Phi) is 4.48. The number of alkyl halides is 3. The standard InChI is InChI=1S/C7H8N2O3.C2HF3O2/c10-7(11)5-3-12-9-6(5)4-1-8-2-4;3-2(4,5)1(6)7/h3-4,8H,1-2H2,(H,10,11);(H,6,7). The lowest BCUT2D eigenvalue weighted by Gasteiger charge is -2.24. The highest BCUT2D eigenvalue weighted by Gasteiger charge is 2.38. The van der Waals surface area contributed by atoms with Crippen molar-refractivity contribution >= 4 is 11.9 Å². The van der Waals surface area contributed by atoms with Gasteiger partial charge in [0.25, 0.3) is 0 Å². The van der Waals surface area contributed by atoms with Crippen molar-refractivity contribution in [1.29, 1.82) is 0 Å².